The number of anilines is 6. The molecule has 2 fully saturated rings. The van der Waals surface area contributed by atoms with Crippen molar-refractivity contribution in [2.75, 3.05) is 62.7 Å². The van der Waals surface area contributed by atoms with Crippen LogP contribution >= 0.6 is 0 Å². The third kappa shape index (κ3) is 12.2. The highest BCUT2D eigenvalue weighted by Crippen LogP contribution is 2.39. The van der Waals surface area contributed by atoms with Gasteiger partial charge in [-0.3, -0.25) is 0 Å². The summed E-state index contributed by atoms with van der Waals surface area (Å²) >= 11 is 0. The highest BCUT2D eigenvalue weighted by molar-refractivity contribution is 5.81. The monoisotopic (exact) mass is 885 g/mol. The lowest BCUT2D eigenvalue weighted by Gasteiger charge is -2.40. The van der Waals surface area contributed by atoms with Crippen LogP contribution in [0.5, 0.6) is 0 Å². The van der Waals surface area contributed by atoms with Gasteiger partial charge < -0.3 is 28.7 Å². The number of hydrogen-bond acceptors (Lipinski definition) is 6. The molecule has 0 saturated carbocycles. The molecule has 2 aliphatic rings. The van der Waals surface area contributed by atoms with E-state index in [1.54, 1.807) is 0 Å². The van der Waals surface area contributed by atoms with E-state index in [9.17, 15) is 0 Å². The lowest BCUT2D eigenvalue weighted by molar-refractivity contribution is -0.150. The van der Waals surface area contributed by atoms with Crippen molar-refractivity contribution in [1.82, 2.24) is 0 Å². The number of unbranched alkanes of at least 4 members (excludes halogenated alkanes) is 4. The van der Waals surface area contributed by atoms with Crippen molar-refractivity contribution in [1.29, 1.82) is 0 Å². The number of nitrogens with zero attached hydrogens (tertiary/aromatic N) is 2. The molecule has 0 aliphatic carbocycles. The smallest absolute Gasteiger partial charge is 0.0566 e. The molecule has 0 N–H and O–H groups in total. The Kier molecular flexibility index (Phi) is 16.5. The van der Waals surface area contributed by atoms with E-state index >= 15 is 0 Å². The fourth-order valence-electron chi connectivity index (χ4n) is 9.07. The summed E-state index contributed by atoms with van der Waals surface area (Å²) in [5.74, 6) is 0. The summed E-state index contributed by atoms with van der Waals surface area (Å²) < 4.78 is 23.0. The van der Waals surface area contributed by atoms with E-state index in [1.165, 1.54) is 59.1 Å². The molecule has 6 nitrogen and oxygen atoms in total. The van der Waals surface area contributed by atoms with E-state index < -0.39 is 0 Å². The molecule has 6 aromatic rings. The first-order valence-electron chi connectivity index (χ1n) is 24.8. The highest BCUT2D eigenvalue weighted by atomic mass is 16.5. The average molecular weight is 885 g/mol. The van der Waals surface area contributed by atoms with Gasteiger partial charge in [-0.05, 0) is 160 Å². The predicted molar refractivity (Wildman–Crippen MR) is 275 cm³/mol. The second kappa shape index (κ2) is 23.0. The number of rotatable bonds is 25. The topological polar surface area (TPSA) is 43.4 Å². The van der Waals surface area contributed by atoms with Crippen LogP contribution in [0.25, 0.3) is 11.1 Å². The summed E-state index contributed by atoms with van der Waals surface area (Å²) in [5.41, 5.74) is 15.0. The predicted octanol–water partition coefficient (Wildman–Crippen LogP) is 15.2. The van der Waals surface area contributed by atoms with Crippen molar-refractivity contribution in [2.45, 2.75) is 91.9 Å². The van der Waals surface area contributed by atoms with E-state index in [-0.39, 0.29) is 10.8 Å². The molecule has 346 valence electrons. The van der Waals surface area contributed by atoms with Gasteiger partial charge in [0.25, 0.3) is 0 Å². The Labute approximate surface area is 395 Å². The van der Waals surface area contributed by atoms with Crippen LogP contribution in [-0.2, 0) is 31.8 Å². The number of benzene rings is 6. The molecule has 2 heterocycles. The molecule has 8 rings (SSSR count). The van der Waals surface area contributed by atoms with E-state index in [0.29, 0.717) is 0 Å². The Bertz CT molecular complexity index is 2170. The summed E-state index contributed by atoms with van der Waals surface area (Å²) in [6.45, 7) is 15.5. The Morgan fingerprint density at radius 3 is 0.985 bits per heavy atom. The minimum absolute atomic E-state index is 0.268. The zero-order valence-corrected chi connectivity index (χ0v) is 40.1. The molecule has 0 atom stereocenters. The molecule has 0 amide bonds. The first-order valence-corrected chi connectivity index (χ1v) is 24.8. The first-order chi connectivity index (χ1) is 32.3. The van der Waals surface area contributed by atoms with Crippen molar-refractivity contribution < 1.29 is 18.9 Å². The fraction of sp³-hybridized carbons (Fsp3) is 0.400. The van der Waals surface area contributed by atoms with Crippen LogP contribution in [0.4, 0.5) is 34.1 Å². The molecule has 0 bridgehead atoms. The summed E-state index contributed by atoms with van der Waals surface area (Å²) in [6.07, 6.45) is 11.3. The molecule has 2 saturated heterocycles. The standard InChI is InChI=1S/C60H72N2O4/c1-5-59(43-65-44-59)41-63-39-11-7-9-13-49-19-31-55(32-20-49)61(53-27-15-47(3)16-28-53)57-35-23-51(24-36-57)52-25-37-58(38-26-52)62(54-29-17-48(4)18-30-54)56-33-21-50(22-34-56)14-10-8-12-40-64-42-60(6-2)45-66-46-60/h15-38H,5-14,39-46H2,1-4H3. The van der Waals surface area contributed by atoms with Crippen molar-refractivity contribution in [3.8, 4) is 11.1 Å². The highest BCUT2D eigenvalue weighted by Gasteiger charge is 2.37. The van der Waals surface area contributed by atoms with Crippen LogP contribution in [0.1, 0.15) is 87.5 Å². The number of aryl methyl sites for hydroxylation is 4. The van der Waals surface area contributed by atoms with Gasteiger partial charge in [0.2, 0.25) is 0 Å². The quantitative estimate of drug-likeness (QED) is 0.0534. The molecular weight excluding hydrogens is 813 g/mol. The second-order valence-electron chi connectivity index (χ2n) is 19.2. The van der Waals surface area contributed by atoms with E-state index in [1.807, 2.05) is 0 Å². The first kappa shape index (κ1) is 47.3. The van der Waals surface area contributed by atoms with Gasteiger partial charge in [0.15, 0.2) is 0 Å². The summed E-state index contributed by atoms with van der Waals surface area (Å²) in [7, 11) is 0. The molecule has 0 radical (unpaired) electrons. The SMILES string of the molecule is CCC1(COCCCCCc2ccc(N(c3ccc(C)cc3)c3ccc(-c4ccc(N(c5ccc(C)cc5)c5ccc(CCCCCOCC6(CC)COC6)cc5)cc4)cc3)cc2)COC1. The molecular formula is C60H72N2O4. The van der Waals surface area contributed by atoms with Crippen LogP contribution in [0, 0.1) is 24.7 Å². The lowest BCUT2D eigenvalue weighted by atomic mass is 9.84. The maximum Gasteiger partial charge on any atom is 0.0566 e. The largest absolute Gasteiger partial charge is 0.381 e. The van der Waals surface area contributed by atoms with Crippen molar-refractivity contribution in [3.63, 3.8) is 0 Å². The zero-order chi connectivity index (χ0) is 45.6. The van der Waals surface area contributed by atoms with Gasteiger partial charge in [-0.15, -0.1) is 0 Å². The Hall–Kier alpha value is -5.24. The summed E-state index contributed by atoms with van der Waals surface area (Å²) in [5, 5.41) is 0. The van der Waals surface area contributed by atoms with Crippen LogP contribution < -0.4 is 9.80 Å². The average Bonchev–Trinajstić information content (AvgIpc) is 3.32. The minimum Gasteiger partial charge on any atom is -0.381 e. The molecule has 6 heteroatoms. The zero-order valence-electron chi connectivity index (χ0n) is 40.1. The normalized spacial score (nSPS) is 14.9. The fourth-order valence-corrected chi connectivity index (χ4v) is 9.07. The number of ether oxygens (including phenoxy) is 4. The Morgan fingerprint density at radius 2 is 0.697 bits per heavy atom. The van der Waals surface area contributed by atoms with Crippen LogP contribution in [-0.4, -0.2) is 52.9 Å². The Morgan fingerprint density at radius 1 is 0.394 bits per heavy atom. The lowest BCUT2D eigenvalue weighted by Crippen LogP contribution is -2.45. The van der Waals surface area contributed by atoms with Crippen LogP contribution in [0.3, 0.4) is 0 Å². The molecule has 0 spiro atoms. The number of hydrogen-bond donors (Lipinski definition) is 0. The maximum atomic E-state index is 6.03. The summed E-state index contributed by atoms with van der Waals surface area (Å²) in [4.78, 5) is 4.72. The van der Waals surface area contributed by atoms with Crippen molar-refractivity contribution in [3.05, 3.63) is 168 Å². The molecule has 66 heavy (non-hydrogen) atoms. The van der Waals surface area contributed by atoms with Gasteiger partial charge in [-0.1, -0.05) is 111 Å². The van der Waals surface area contributed by atoms with Crippen LogP contribution in [0.2, 0.25) is 0 Å². The maximum absolute atomic E-state index is 6.03. The van der Waals surface area contributed by atoms with Gasteiger partial charge in [0.1, 0.15) is 0 Å². The van der Waals surface area contributed by atoms with Crippen molar-refractivity contribution in [2.24, 2.45) is 10.8 Å². The summed E-state index contributed by atoms with van der Waals surface area (Å²) in [6, 6.07) is 54.0. The van der Waals surface area contributed by atoms with Gasteiger partial charge >= 0.3 is 0 Å². The molecule has 0 aromatic heterocycles. The van der Waals surface area contributed by atoms with E-state index in [2.05, 4.69) is 183 Å². The van der Waals surface area contributed by atoms with Gasteiger partial charge in [0.05, 0.1) is 39.6 Å². The van der Waals surface area contributed by atoms with Gasteiger partial charge in [-0.2, -0.15) is 0 Å². The molecule has 0 unspecified atom stereocenters. The van der Waals surface area contributed by atoms with E-state index in [0.717, 1.165) is 126 Å². The van der Waals surface area contributed by atoms with Crippen molar-refractivity contribution >= 4 is 34.1 Å². The van der Waals surface area contributed by atoms with Gasteiger partial charge in [-0.25, -0.2) is 0 Å². The third-order valence-electron chi connectivity index (χ3n) is 14.0. The molecule has 2 aliphatic heterocycles. The second-order valence-corrected chi connectivity index (χ2v) is 19.2. The third-order valence-corrected chi connectivity index (χ3v) is 14.0. The molecule has 6 aromatic carbocycles. The van der Waals surface area contributed by atoms with Crippen LogP contribution in [0.15, 0.2) is 146 Å². The Balaban J connectivity index is 0.890. The minimum atomic E-state index is 0.268. The van der Waals surface area contributed by atoms with Gasteiger partial charge in [0, 0.05) is 58.2 Å². The van der Waals surface area contributed by atoms with E-state index in [4.69, 9.17) is 18.9 Å².